The number of hydrogen-bond donors (Lipinski definition) is 0. The van der Waals surface area contributed by atoms with Gasteiger partial charge in [0.2, 0.25) is 0 Å². The third-order valence-electron chi connectivity index (χ3n) is 3.24. The highest BCUT2D eigenvalue weighted by Gasteiger charge is 2.18. The first-order valence-electron chi connectivity index (χ1n) is 6.32. The molecule has 0 amide bonds. The summed E-state index contributed by atoms with van der Waals surface area (Å²) in [5, 5.41) is 13.7. The van der Waals surface area contributed by atoms with Crippen molar-refractivity contribution in [2.45, 2.75) is 19.8 Å². The standard InChI is InChI=1S/C15H13N5/c1-10-3-5-12(6-4-10)13(8-16)14-7-11(2)19-15-17-9-18-20(14)15/h3-7,9,13H,1-2H3/t13-/m1/s1. The van der Waals surface area contributed by atoms with Crippen LogP contribution in [-0.4, -0.2) is 19.6 Å². The fourth-order valence-corrected chi connectivity index (χ4v) is 2.23. The summed E-state index contributed by atoms with van der Waals surface area (Å²) in [5.41, 5.74) is 3.73. The molecule has 2 aromatic heterocycles. The van der Waals surface area contributed by atoms with Crippen LogP contribution in [-0.2, 0) is 0 Å². The van der Waals surface area contributed by atoms with Crippen molar-refractivity contribution < 1.29 is 0 Å². The first-order valence-corrected chi connectivity index (χ1v) is 6.32. The van der Waals surface area contributed by atoms with Crippen molar-refractivity contribution in [3.05, 3.63) is 59.2 Å². The molecule has 0 aliphatic rings. The highest BCUT2D eigenvalue weighted by molar-refractivity contribution is 5.40. The maximum atomic E-state index is 9.56. The maximum absolute atomic E-state index is 9.56. The van der Waals surface area contributed by atoms with Crippen LogP contribution in [0, 0.1) is 25.2 Å². The Balaban J connectivity index is 2.19. The normalized spacial score (nSPS) is 12.2. The molecular weight excluding hydrogens is 250 g/mol. The second-order valence-electron chi connectivity index (χ2n) is 4.77. The van der Waals surface area contributed by atoms with Gasteiger partial charge in [-0.3, -0.25) is 0 Å². The highest BCUT2D eigenvalue weighted by atomic mass is 15.3. The highest BCUT2D eigenvalue weighted by Crippen LogP contribution is 2.24. The number of hydrogen-bond acceptors (Lipinski definition) is 4. The van der Waals surface area contributed by atoms with Gasteiger partial charge in [-0.15, -0.1) is 0 Å². The lowest BCUT2D eigenvalue weighted by molar-refractivity contribution is 0.818. The zero-order valence-electron chi connectivity index (χ0n) is 11.3. The van der Waals surface area contributed by atoms with Gasteiger partial charge < -0.3 is 0 Å². The van der Waals surface area contributed by atoms with E-state index in [1.165, 1.54) is 11.9 Å². The van der Waals surface area contributed by atoms with Crippen molar-refractivity contribution in [3.8, 4) is 6.07 Å². The molecular formula is C15H13N5. The lowest BCUT2D eigenvalue weighted by atomic mass is 9.95. The van der Waals surface area contributed by atoms with Crippen LogP contribution >= 0.6 is 0 Å². The number of benzene rings is 1. The summed E-state index contributed by atoms with van der Waals surface area (Å²) in [6.45, 7) is 3.92. The fourth-order valence-electron chi connectivity index (χ4n) is 2.23. The number of aryl methyl sites for hydroxylation is 2. The molecule has 5 nitrogen and oxygen atoms in total. The number of nitrogens with zero attached hydrogens (tertiary/aromatic N) is 5. The Morgan fingerprint density at radius 1 is 1.20 bits per heavy atom. The largest absolute Gasteiger partial charge is 0.252 e. The van der Waals surface area contributed by atoms with Gasteiger partial charge in [0.25, 0.3) is 5.78 Å². The molecule has 0 saturated carbocycles. The molecule has 0 fully saturated rings. The third-order valence-corrected chi connectivity index (χ3v) is 3.24. The molecule has 0 saturated heterocycles. The molecule has 5 heteroatoms. The van der Waals surface area contributed by atoms with Crippen molar-refractivity contribution in [2.75, 3.05) is 0 Å². The second-order valence-corrected chi connectivity index (χ2v) is 4.77. The van der Waals surface area contributed by atoms with E-state index in [2.05, 4.69) is 21.1 Å². The first-order chi connectivity index (χ1) is 9.69. The summed E-state index contributed by atoms with van der Waals surface area (Å²) in [5.74, 6) is 0.133. The minimum absolute atomic E-state index is 0.388. The molecule has 0 spiro atoms. The molecule has 20 heavy (non-hydrogen) atoms. The van der Waals surface area contributed by atoms with Gasteiger partial charge in [0.1, 0.15) is 12.2 Å². The molecule has 0 unspecified atom stereocenters. The Hall–Kier alpha value is -2.74. The van der Waals surface area contributed by atoms with Gasteiger partial charge in [-0.2, -0.15) is 19.9 Å². The minimum atomic E-state index is -0.388. The summed E-state index contributed by atoms with van der Waals surface area (Å²) in [6.07, 6.45) is 1.45. The van der Waals surface area contributed by atoms with E-state index >= 15 is 0 Å². The van der Waals surface area contributed by atoms with Crippen molar-refractivity contribution in [1.29, 1.82) is 5.26 Å². The fraction of sp³-hybridized carbons (Fsp3) is 0.200. The molecule has 0 aliphatic heterocycles. The quantitative estimate of drug-likeness (QED) is 0.712. The van der Waals surface area contributed by atoms with E-state index < -0.39 is 0 Å². The van der Waals surface area contributed by atoms with Gasteiger partial charge in [-0.25, -0.2) is 4.98 Å². The molecule has 3 rings (SSSR count). The number of nitriles is 1. The van der Waals surface area contributed by atoms with Crippen LogP contribution in [0.2, 0.25) is 0 Å². The van der Waals surface area contributed by atoms with Gasteiger partial charge in [-0.05, 0) is 25.5 Å². The second kappa shape index (κ2) is 4.74. The predicted molar refractivity (Wildman–Crippen MR) is 74.2 cm³/mol. The van der Waals surface area contributed by atoms with E-state index in [9.17, 15) is 5.26 Å². The smallest absolute Gasteiger partial charge is 0.216 e. The SMILES string of the molecule is Cc1ccc([C@@H](C#N)c2cc(C)nc3ncnn23)cc1. The molecule has 1 aromatic carbocycles. The lowest BCUT2D eigenvalue weighted by Crippen LogP contribution is -2.08. The van der Waals surface area contributed by atoms with Gasteiger partial charge in [0, 0.05) is 5.69 Å². The van der Waals surface area contributed by atoms with Gasteiger partial charge >= 0.3 is 0 Å². The van der Waals surface area contributed by atoms with E-state index in [1.807, 2.05) is 44.2 Å². The lowest BCUT2D eigenvalue weighted by Gasteiger charge is -2.12. The van der Waals surface area contributed by atoms with Gasteiger partial charge in [-0.1, -0.05) is 29.8 Å². The van der Waals surface area contributed by atoms with Crippen LogP contribution in [0.1, 0.15) is 28.4 Å². The molecule has 0 radical (unpaired) electrons. The molecule has 3 aromatic rings. The average Bonchev–Trinajstić information content (AvgIpc) is 2.89. The third kappa shape index (κ3) is 2.01. The van der Waals surface area contributed by atoms with E-state index in [-0.39, 0.29) is 5.92 Å². The number of fused-ring (bicyclic) bond motifs is 1. The summed E-state index contributed by atoms with van der Waals surface area (Å²) in [4.78, 5) is 8.40. The van der Waals surface area contributed by atoms with E-state index in [1.54, 1.807) is 4.52 Å². The van der Waals surface area contributed by atoms with Crippen LogP contribution in [0.25, 0.3) is 5.78 Å². The number of aromatic nitrogens is 4. The van der Waals surface area contributed by atoms with Crippen molar-refractivity contribution >= 4 is 5.78 Å². The van der Waals surface area contributed by atoms with Crippen LogP contribution < -0.4 is 0 Å². The van der Waals surface area contributed by atoms with Gasteiger partial charge in [0.15, 0.2) is 0 Å². The molecule has 98 valence electrons. The monoisotopic (exact) mass is 263 g/mol. The van der Waals surface area contributed by atoms with Crippen molar-refractivity contribution in [1.82, 2.24) is 19.6 Å². The van der Waals surface area contributed by atoms with Crippen LogP contribution in [0.3, 0.4) is 0 Å². The van der Waals surface area contributed by atoms with Crippen molar-refractivity contribution in [3.63, 3.8) is 0 Å². The number of rotatable bonds is 2. The predicted octanol–water partition coefficient (Wildman–Crippen LogP) is 2.40. The van der Waals surface area contributed by atoms with Crippen molar-refractivity contribution in [2.24, 2.45) is 0 Å². The Morgan fingerprint density at radius 2 is 1.95 bits per heavy atom. The summed E-state index contributed by atoms with van der Waals surface area (Å²) in [6, 6.07) is 12.2. The topological polar surface area (TPSA) is 66.9 Å². The summed E-state index contributed by atoms with van der Waals surface area (Å²) in [7, 11) is 0. The van der Waals surface area contributed by atoms with Gasteiger partial charge in [0.05, 0.1) is 11.8 Å². The summed E-state index contributed by atoms with van der Waals surface area (Å²) >= 11 is 0. The van der Waals surface area contributed by atoms with Crippen LogP contribution in [0.15, 0.2) is 36.7 Å². The average molecular weight is 263 g/mol. The Labute approximate surface area is 116 Å². The molecule has 0 bridgehead atoms. The molecule has 0 aliphatic carbocycles. The first kappa shape index (κ1) is 12.3. The van der Waals surface area contributed by atoms with E-state index in [4.69, 9.17) is 0 Å². The van der Waals surface area contributed by atoms with E-state index in [0.717, 1.165) is 17.0 Å². The summed E-state index contributed by atoms with van der Waals surface area (Å²) < 4.78 is 1.63. The Bertz CT molecular complexity index is 795. The Morgan fingerprint density at radius 3 is 2.65 bits per heavy atom. The maximum Gasteiger partial charge on any atom is 0.252 e. The molecule has 2 heterocycles. The zero-order valence-corrected chi connectivity index (χ0v) is 11.3. The van der Waals surface area contributed by atoms with Crippen LogP contribution in [0.5, 0.6) is 0 Å². The molecule has 0 N–H and O–H groups in total. The minimum Gasteiger partial charge on any atom is -0.216 e. The zero-order chi connectivity index (χ0) is 14.1. The van der Waals surface area contributed by atoms with Crippen LogP contribution in [0.4, 0.5) is 0 Å². The Kier molecular flexibility index (Phi) is 2.92. The van der Waals surface area contributed by atoms with E-state index in [0.29, 0.717) is 5.78 Å². The molecule has 1 atom stereocenters.